The summed E-state index contributed by atoms with van der Waals surface area (Å²) in [7, 11) is 0. The number of ether oxygens (including phenoxy) is 1. The van der Waals surface area contributed by atoms with E-state index >= 15 is 0 Å². The molecular weight excluding hydrogens is 408 g/mol. The third-order valence-electron chi connectivity index (χ3n) is 5.45. The summed E-state index contributed by atoms with van der Waals surface area (Å²) in [6.45, 7) is 2.99. The number of nitrogens with one attached hydrogen (secondary N) is 2. The Balaban J connectivity index is 1.70. The SMILES string of the molecule is CCc1c(C#N)c(S)nc(N2CCC(NC(=O)C3(NC(=O)O)COC3)CC2)c1C#N. The third kappa shape index (κ3) is 3.99. The minimum Gasteiger partial charge on any atom is -0.465 e. The van der Waals surface area contributed by atoms with Gasteiger partial charge in [0.05, 0.1) is 24.3 Å². The van der Waals surface area contributed by atoms with Crippen molar-refractivity contribution in [3.05, 3.63) is 16.7 Å². The molecule has 2 fully saturated rings. The molecule has 3 rings (SSSR count). The van der Waals surface area contributed by atoms with Crippen LogP contribution in [-0.4, -0.2) is 60.0 Å². The summed E-state index contributed by atoms with van der Waals surface area (Å²) in [6, 6.07) is 4.11. The molecule has 10 nitrogen and oxygen atoms in total. The second-order valence-electron chi connectivity index (χ2n) is 7.30. The number of rotatable bonds is 5. The van der Waals surface area contributed by atoms with Gasteiger partial charge in [0.25, 0.3) is 5.91 Å². The minimum atomic E-state index is -1.27. The monoisotopic (exact) mass is 430 g/mol. The number of carbonyl (C=O) groups excluding carboxylic acids is 1. The van der Waals surface area contributed by atoms with E-state index in [4.69, 9.17) is 9.84 Å². The molecule has 3 N–H and O–H groups in total. The van der Waals surface area contributed by atoms with E-state index in [2.05, 4.69) is 40.4 Å². The van der Waals surface area contributed by atoms with Gasteiger partial charge in [-0.25, -0.2) is 9.78 Å². The standard InChI is InChI=1S/C19H22N6O4S/c1-2-12-13(7-20)15(23-16(30)14(12)8-21)25-5-3-11(4-6-25)22-17(26)19(9-29-10-19)24-18(27)28/h11,24H,2-6,9-10H2,1H3,(H,22,26)(H,23,30)(H,27,28). The smallest absolute Gasteiger partial charge is 0.405 e. The molecule has 0 saturated carbocycles. The second-order valence-corrected chi connectivity index (χ2v) is 7.73. The van der Waals surface area contributed by atoms with Gasteiger partial charge in [0.15, 0.2) is 5.54 Å². The van der Waals surface area contributed by atoms with E-state index in [1.807, 2.05) is 11.8 Å². The first-order valence-corrected chi connectivity index (χ1v) is 10.0. The van der Waals surface area contributed by atoms with Crippen molar-refractivity contribution in [3.8, 4) is 12.1 Å². The second kappa shape index (κ2) is 8.78. The maximum absolute atomic E-state index is 12.6. The minimum absolute atomic E-state index is 0.00911. The molecule has 3 heterocycles. The van der Waals surface area contributed by atoms with E-state index in [0.717, 1.165) is 0 Å². The van der Waals surface area contributed by atoms with Gasteiger partial charge in [-0.2, -0.15) is 10.5 Å². The average Bonchev–Trinajstić information content (AvgIpc) is 2.70. The molecule has 0 spiro atoms. The molecule has 2 aliphatic rings. The fourth-order valence-corrected chi connectivity index (χ4v) is 4.03. The van der Waals surface area contributed by atoms with E-state index < -0.39 is 17.5 Å². The van der Waals surface area contributed by atoms with Crippen LogP contribution >= 0.6 is 12.6 Å². The quantitative estimate of drug-likeness (QED) is 0.501. The number of carbonyl (C=O) groups is 2. The van der Waals surface area contributed by atoms with Gasteiger partial charge in [-0.1, -0.05) is 6.92 Å². The highest BCUT2D eigenvalue weighted by Crippen LogP contribution is 2.30. The van der Waals surface area contributed by atoms with Crippen LogP contribution in [0.2, 0.25) is 0 Å². The van der Waals surface area contributed by atoms with Crippen molar-refractivity contribution in [2.75, 3.05) is 31.2 Å². The number of piperidine rings is 1. The topological polar surface area (TPSA) is 151 Å². The third-order valence-corrected chi connectivity index (χ3v) is 5.77. The largest absolute Gasteiger partial charge is 0.465 e. The van der Waals surface area contributed by atoms with Crippen molar-refractivity contribution in [2.45, 2.75) is 42.8 Å². The fourth-order valence-electron chi connectivity index (χ4n) is 3.75. The number of nitrogens with zero attached hydrogens (tertiary/aromatic N) is 4. The van der Waals surface area contributed by atoms with E-state index in [9.17, 15) is 20.1 Å². The van der Waals surface area contributed by atoms with Gasteiger partial charge in [0.1, 0.15) is 23.0 Å². The summed E-state index contributed by atoms with van der Waals surface area (Å²) in [5.74, 6) is 0.106. The van der Waals surface area contributed by atoms with E-state index in [1.165, 1.54) is 0 Å². The number of thiol groups is 1. The Bertz CT molecular complexity index is 942. The van der Waals surface area contributed by atoms with Crippen LogP contribution in [0.5, 0.6) is 0 Å². The van der Waals surface area contributed by atoms with Gasteiger partial charge in [0, 0.05) is 19.1 Å². The van der Waals surface area contributed by atoms with Crippen molar-refractivity contribution >= 4 is 30.4 Å². The number of hydrogen-bond donors (Lipinski definition) is 4. The molecule has 30 heavy (non-hydrogen) atoms. The van der Waals surface area contributed by atoms with Crippen molar-refractivity contribution in [2.24, 2.45) is 0 Å². The molecule has 11 heteroatoms. The summed E-state index contributed by atoms with van der Waals surface area (Å²) >= 11 is 4.32. The molecule has 0 unspecified atom stereocenters. The number of aromatic nitrogens is 1. The first-order chi connectivity index (χ1) is 14.3. The molecule has 0 aromatic carbocycles. The normalized spacial score (nSPS) is 17.9. The highest BCUT2D eigenvalue weighted by molar-refractivity contribution is 7.80. The maximum atomic E-state index is 12.6. The lowest BCUT2D eigenvalue weighted by atomic mass is 9.94. The van der Waals surface area contributed by atoms with Crippen molar-refractivity contribution in [3.63, 3.8) is 0 Å². The lowest BCUT2D eigenvalue weighted by molar-refractivity contribution is -0.148. The van der Waals surface area contributed by atoms with Crippen molar-refractivity contribution < 1.29 is 19.4 Å². The van der Waals surface area contributed by atoms with Crippen molar-refractivity contribution in [1.82, 2.24) is 15.6 Å². The van der Waals surface area contributed by atoms with Crippen LogP contribution in [0.15, 0.2) is 5.03 Å². The van der Waals surface area contributed by atoms with E-state index in [1.54, 1.807) is 0 Å². The Hall–Kier alpha value is -3.02. The van der Waals surface area contributed by atoms with Gasteiger partial charge in [-0.3, -0.25) is 4.79 Å². The van der Waals surface area contributed by atoms with Crippen LogP contribution in [0.25, 0.3) is 0 Å². The predicted octanol–water partition coefficient (Wildman–Crippen LogP) is 0.798. The molecule has 2 aliphatic heterocycles. The summed E-state index contributed by atoms with van der Waals surface area (Å²) in [5, 5.41) is 33.4. The lowest BCUT2D eigenvalue weighted by Crippen LogP contribution is -2.70. The number of nitriles is 2. The van der Waals surface area contributed by atoms with Gasteiger partial charge < -0.3 is 25.4 Å². The summed E-state index contributed by atoms with van der Waals surface area (Å²) < 4.78 is 5.04. The molecule has 0 bridgehead atoms. The molecule has 0 radical (unpaired) electrons. The van der Waals surface area contributed by atoms with Crippen LogP contribution in [0.3, 0.4) is 0 Å². The highest BCUT2D eigenvalue weighted by atomic mass is 32.1. The summed E-state index contributed by atoms with van der Waals surface area (Å²) in [4.78, 5) is 29.9. The Morgan fingerprint density at radius 1 is 1.30 bits per heavy atom. The molecule has 158 valence electrons. The molecule has 2 amide bonds. The molecular formula is C19H22N6O4S. The Labute approximate surface area is 179 Å². The lowest BCUT2D eigenvalue weighted by Gasteiger charge is -2.41. The number of amides is 2. The number of pyridine rings is 1. The van der Waals surface area contributed by atoms with Crippen LogP contribution in [-0.2, 0) is 16.0 Å². The maximum Gasteiger partial charge on any atom is 0.405 e. The van der Waals surface area contributed by atoms with Gasteiger partial charge >= 0.3 is 6.09 Å². The van der Waals surface area contributed by atoms with E-state index in [0.29, 0.717) is 59.9 Å². The van der Waals surface area contributed by atoms with Crippen LogP contribution in [0.1, 0.15) is 36.5 Å². The van der Waals surface area contributed by atoms with Crippen LogP contribution in [0.4, 0.5) is 10.6 Å². The fraction of sp³-hybridized carbons (Fsp3) is 0.526. The summed E-state index contributed by atoms with van der Waals surface area (Å²) in [5.41, 5.74) is 0.104. The molecule has 1 aromatic heterocycles. The van der Waals surface area contributed by atoms with Crippen LogP contribution < -0.4 is 15.5 Å². The number of carboxylic acid groups (broad SMARTS) is 1. The zero-order chi connectivity index (χ0) is 21.9. The first kappa shape index (κ1) is 21.7. The number of hydrogen-bond acceptors (Lipinski definition) is 8. The summed E-state index contributed by atoms with van der Waals surface area (Å²) in [6.07, 6.45) is 0.452. The molecule has 2 saturated heterocycles. The molecule has 0 aliphatic carbocycles. The Kier molecular flexibility index (Phi) is 6.34. The van der Waals surface area contributed by atoms with Gasteiger partial charge in [-0.05, 0) is 24.8 Å². The highest BCUT2D eigenvalue weighted by Gasteiger charge is 2.48. The predicted molar refractivity (Wildman–Crippen MR) is 108 cm³/mol. The van der Waals surface area contributed by atoms with Gasteiger partial charge in [0.2, 0.25) is 0 Å². The number of anilines is 1. The van der Waals surface area contributed by atoms with Gasteiger partial charge in [-0.15, -0.1) is 12.6 Å². The zero-order valence-electron chi connectivity index (χ0n) is 16.4. The molecule has 0 atom stereocenters. The Morgan fingerprint density at radius 2 is 1.93 bits per heavy atom. The van der Waals surface area contributed by atoms with E-state index in [-0.39, 0.29) is 19.3 Å². The first-order valence-electron chi connectivity index (χ1n) is 9.56. The van der Waals surface area contributed by atoms with Crippen LogP contribution in [0, 0.1) is 22.7 Å². The zero-order valence-corrected chi connectivity index (χ0v) is 17.3. The average molecular weight is 430 g/mol. The Morgan fingerprint density at radius 3 is 2.40 bits per heavy atom. The molecule has 1 aromatic rings. The van der Waals surface area contributed by atoms with Crippen molar-refractivity contribution in [1.29, 1.82) is 10.5 Å².